The Kier molecular flexibility index (Phi) is 7.27. The largest absolute Gasteiger partial charge is 0.456 e. The first-order valence-corrected chi connectivity index (χ1v) is 15.5. The van der Waals surface area contributed by atoms with Crippen molar-refractivity contribution < 1.29 is 8.83 Å². The molecular formula is C44H34O2. The lowest BCUT2D eigenvalue weighted by Gasteiger charge is -2.19. The maximum atomic E-state index is 6.83. The van der Waals surface area contributed by atoms with Gasteiger partial charge in [0, 0.05) is 38.4 Å². The van der Waals surface area contributed by atoms with Crippen LogP contribution >= 0.6 is 0 Å². The molecule has 2 nitrogen and oxygen atoms in total. The van der Waals surface area contributed by atoms with Gasteiger partial charge in [0.25, 0.3) is 0 Å². The van der Waals surface area contributed by atoms with Gasteiger partial charge in [0.15, 0.2) is 0 Å². The quantitative estimate of drug-likeness (QED) is 0.129. The third kappa shape index (κ3) is 4.18. The fourth-order valence-electron chi connectivity index (χ4n) is 7.02. The van der Waals surface area contributed by atoms with Gasteiger partial charge in [0.1, 0.15) is 22.7 Å². The minimum Gasteiger partial charge on any atom is -0.456 e. The second-order valence-electron chi connectivity index (χ2n) is 11.2. The number of benzene rings is 5. The molecule has 0 aliphatic rings. The molecule has 5 aromatic carbocycles. The molecule has 0 saturated carbocycles. The van der Waals surface area contributed by atoms with E-state index in [9.17, 15) is 0 Å². The third-order valence-corrected chi connectivity index (χ3v) is 8.77. The fourth-order valence-corrected chi connectivity index (χ4v) is 7.02. The van der Waals surface area contributed by atoms with Crippen LogP contribution in [0.15, 0.2) is 132 Å². The molecule has 0 atom stereocenters. The minimum atomic E-state index is 0.729. The molecule has 0 spiro atoms. The highest BCUT2D eigenvalue weighted by Gasteiger charge is 2.25. The van der Waals surface area contributed by atoms with Crippen molar-refractivity contribution in [2.75, 3.05) is 0 Å². The summed E-state index contributed by atoms with van der Waals surface area (Å²) in [5, 5.41) is 8.78. The molecule has 0 amide bonds. The van der Waals surface area contributed by atoms with Crippen LogP contribution in [0.3, 0.4) is 0 Å². The van der Waals surface area contributed by atoms with Crippen LogP contribution in [0.1, 0.15) is 42.1 Å². The van der Waals surface area contributed by atoms with Gasteiger partial charge < -0.3 is 8.83 Å². The van der Waals surface area contributed by atoms with Crippen molar-refractivity contribution in [3.05, 3.63) is 152 Å². The van der Waals surface area contributed by atoms with E-state index in [2.05, 4.69) is 111 Å². The van der Waals surface area contributed by atoms with Gasteiger partial charge in [0.05, 0.1) is 0 Å². The highest BCUT2D eigenvalue weighted by molar-refractivity contribution is 6.29. The number of rotatable bonds is 8. The zero-order valence-electron chi connectivity index (χ0n) is 26.2. The lowest BCUT2D eigenvalue weighted by Crippen LogP contribution is -1.93. The molecule has 0 N–H and O–H groups in total. The zero-order valence-corrected chi connectivity index (χ0v) is 26.2. The SMILES string of the molecule is C=C/C=C(\C=C)c1c2ccccc2c(-c2cc3ccc4oc(C=C)c(/C=C\C)c4c3c3c(/C=C\C)c(C=C)oc23)c2ccccc12. The van der Waals surface area contributed by atoms with Crippen LogP contribution in [0.4, 0.5) is 0 Å². The van der Waals surface area contributed by atoms with Crippen LogP contribution in [0, 0.1) is 0 Å². The first-order chi connectivity index (χ1) is 22.6. The Morgan fingerprint density at radius 2 is 1.24 bits per heavy atom. The molecule has 7 rings (SSSR count). The first-order valence-electron chi connectivity index (χ1n) is 15.5. The first kappa shape index (κ1) is 28.9. The van der Waals surface area contributed by atoms with Crippen molar-refractivity contribution in [2.24, 2.45) is 0 Å². The molecule has 0 unspecified atom stereocenters. The van der Waals surface area contributed by atoms with E-state index in [0.717, 1.165) is 99.2 Å². The van der Waals surface area contributed by atoms with Gasteiger partial charge in [-0.3, -0.25) is 0 Å². The van der Waals surface area contributed by atoms with Crippen molar-refractivity contribution >= 4 is 84.1 Å². The van der Waals surface area contributed by atoms with E-state index in [4.69, 9.17) is 8.83 Å². The van der Waals surface area contributed by atoms with E-state index >= 15 is 0 Å². The van der Waals surface area contributed by atoms with E-state index in [1.807, 2.05) is 38.2 Å². The van der Waals surface area contributed by atoms with E-state index in [1.165, 1.54) is 0 Å². The number of hydrogen-bond acceptors (Lipinski definition) is 2. The fraction of sp³-hybridized carbons (Fsp3) is 0.0455. The van der Waals surface area contributed by atoms with Crippen molar-refractivity contribution in [3.63, 3.8) is 0 Å². The van der Waals surface area contributed by atoms with Gasteiger partial charge >= 0.3 is 0 Å². The van der Waals surface area contributed by atoms with Crippen LogP contribution in [0.25, 0.3) is 95.3 Å². The van der Waals surface area contributed by atoms with Gasteiger partial charge in [-0.05, 0) is 76.2 Å². The molecule has 0 aliphatic carbocycles. The molecule has 7 aromatic rings. The normalized spacial score (nSPS) is 12.4. The zero-order chi connectivity index (χ0) is 31.9. The highest BCUT2D eigenvalue weighted by Crippen LogP contribution is 2.49. The number of hydrogen-bond donors (Lipinski definition) is 0. The van der Waals surface area contributed by atoms with E-state index in [-0.39, 0.29) is 0 Å². The Bertz CT molecular complexity index is 2440. The summed E-state index contributed by atoms with van der Waals surface area (Å²) >= 11 is 0. The Balaban J connectivity index is 1.76. The third-order valence-electron chi connectivity index (χ3n) is 8.77. The summed E-state index contributed by atoms with van der Waals surface area (Å²) in [6.07, 6.45) is 17.6. The van der Waals surface area contributed by atoms with Gasteiger partial charge in [-0.25, -0.2) is 0 Å². The molecule has 222 valence electrons. The van der Waals surface area contributed by atoms with Crippen molar-refractivity contribution in [3.8, 4) is 11.1 Å². The second kappa shape index (κ2) is 11.6. The molecule has 2 heteroatoms. The minimum absolute atomic E-state index is 0.729. The molecule has 0 fully saturated rings. The molecule has 2 heterocycles. The average molecular weight is 595 g/mol. The lowest BCUT2D eigenvalue weighted by atomic mass is 9.84. The van der Waals surface area contributed by atoms with Gasteiger partial charge in [-0.15, -0.1) is 0 Å². The van der Waals surface area contributed by atoms with Gasteiger partial charge in [-0.1, -0.05) is 123 Å². The topological polar surface area (TPSA) is 26.3 Å². The molecule has 2 aromatic heterocycles. The second-order valence-corrected chi connectivity index (χ2v) is 11.2. The molecule has 46 heavy (non-hydrogen) atoms. The molecule has 0 radical (unpaired) electrons. The van der Waals surface area contributed by atoms with Gasteiger partial charge in [0.2, 0.25) is 0 Å². The van der Waals surface area contributed by atoms with Crippen LogP contribution in [0.2, 0.25) is 0 Å². The highest BCUT2D eigenvalue weighted by atomic mass is 16.3. The smallest absolute Gasteiger partial charge is 0.143 e. The predicted octanol–water partition coefficient (Wildman–Crippen LogP) is 13.4. The molecule has 0 saturated heterocycles. The maximum absolute atomic E-state index is 6.83. The Morgan fingerprint density at radius 1 is 0.652 bits per heavy atom. The van der Waals surface area contributed by atoms with Crippen molar-refractivity contribution in [1.82, 2.24) is 0 Å². The summed E-state index contributed by atoms with van der Waals surface area (Å²) in [4.78, 5) is 0. The molecule has 0 bridgehead atoms. The summed E-state index contributed by atoms with van der Waals surface area (Å²) in [6.45, 7) is 20.4. The molecular weight excluding hydrogens is 560 g/mol. The summed E-state index contributed by atoms with van der Waals surface area (Å²) in [6, 6.07) is 23.7. The van der Waals surface area contributed by atoms with Gasteiger partial charge in [-0.2, -0.15) is 0 Å². The van der Waals surface area contributed by atoms with E-state index in [0.29, 0.717) is 0 Å². The summed E-state index contributed by atoms with van der Waals surface area (Å²) < 4.78 is 13.2. The maximum Gasteiger partial charge on any atom is 0.143 e. The lowest BCUT2D eigenvalue weighted by molar-refractivity contribution is 0.603. The molecule has 0 aliphatic heterocycles. The predicted molar refractivity (Wildman–Crippen MR) is 202 cm³/mol. The van der Waals surface area contributed by atoms with E-state index in [1.54, 1.807) is 12.2 Å². The summed E-state index contributed by atoms with van der Waals surface area (Å²) in [7, 11) is 0. The number of allylic oxidation sites excluding steroid dienone is 6. The van der Waals surface area contributed by atoms with E-state index < -0.39 is 0 Å². The van der Waals surface area contributed by atoms with Crippen LogP contribution in [-0.2, 0) is 0 Å². The Morgan fingerprint density at radius 3 is 1.80 bits per heavy atom. The van der Waals surface area contributed by atoms with Crippen LogP contribution in [-0.4, -0.2) is 0 Å². The summed E-state index contributed by atoms with van der Waals surface area (Å²) in [5.74, 6) is 1.47. The van der Waals surface area contributed by atoms with Crippen LogP contribution in [0.5, 0.6) is 0 Å². The average Bonchev–Trinajstić information content (AvgIpc) is 3.64. The summed E-state index contributed by atoms with van der Waals surface area (Å²) in [5.41, 5.74) is 7.92. The Hall–Kier alpha value is -5.86. The van der Waals surface area contributed by atoms with Crippen LogP contribution < -0.4 is 0 Å². The number of fused-ring (bicyclic) bond motifs is 7. The van der Waals surface area contributed by atoms with Crippen molar-refractivity contribution in [1.29, 1.82) is 0 Å². The monoisotopic (exact) mass is 594 g/mol. The van der Waals surface area contributed by atoms with Crippen molar-refractivity contribution in [2.45, 2.75) is 13.8 Å². The number of furan rings is 2. The standard InChI is InChI=1S/C44H34O2/c1-7-17-27(10-4)39-29-20-13-15-22-31(29)41(32-23-16-14-21-30(32)39)35-26-28-24-25-38-42(33(18-8-2)36(11-5)45-38)40(28)43-34(19-9-3)37(12-6)46-44(35)43/h7-26H,1,4-6H2,2-3H3/b18-8-,19-9-,27-17+. The Labute approximate surface area is 268 Å².